The standard InChI is InChI=1S/C19H21ClFN3O4S/c1-3-10-22-19(26)14-6-4-5-7-17(14)23-18(25)12-24(29(2,27)28)13-8-9-16(21)15(20)11-13/h4-9,11H,3,10,12H2,1-2H3,(H,22,26)(H,23,25). The van der Waals surface area contributed by atoms with Crippen molar-refractivity contribution in [1.29, 1.82) is 0 Å². The minimum Gasteiger partial charge on any atom is -0.352 e. The van der Waals surface area contributed by atoms with Gasteiger partial charge in [-0.3, -0.25) is 13.9 Å². The Kier molecular flexibility index (Phi) is 7.58. The van der Waals surface area contributed by atoms with E-state index in [1.807, 2.05) is 6.92 Å². The Morgan fingerprint density at radius 2 is 1.86 bits per heavy atom. The third-order valence-corrected chi connectivity index (χ3v) is 5.29. The summed E-state index contributed by atoms with van der Waals surface area (Å²) in [4.78, 5) is 24.8. The lowest BCUT2D eigenvalue weighted by Gasteiger charge is -2.22. The first kappa shape index (κ1) is 22.6. The monoisotopic (exact) mass is 441 g/mol. The van der Waals surface area contributed by atoms with Crippen molar-refractivity contribution < 1.29 is 22.4 Å². The minimum atomic E-state index is -3.86. The molecule has 0 aromatic heterocycles. The van der Waals surface area contributed by atoms with Crippen LogP contribution in [0.15, 0.2) is 42.5 Å². The van der Waals surface area contributed by atoms with E-state index in [4.69, 9.17) is 11.6 Å². The Morgan fingerprint density at radius 3 is 2.48 bits per heavy atom. The summed E-state index contributed by atoms with van der Waals surface area (Å²) >= 11 is 5.73. The molecule has 0 saturated carbocycles. The molecule has 2 amide bonds. The molecule has 2 N–H and O–H groups in total. The van der Waals surface area contributed by atoms with Crippen LogP contribution in [-0.2, 0) is 14.8 Å². The van der Waals surface area contributed by atoms with Gasteiger partial charge in [0.1, 0.15) is 12.4 Å². The average Bonchev–Trinajstić information content (AvgIpc) is 2.66. The summed E-state index contributed by atoms with van der Waals surface area (Å²) in [6.45, 7) is 1.81. The summed E-state index contributed by atoms with van der Waals surface area (Å²) in [6.07, 6.45) is 1.67. The lowest BCUT2D eigenvalue weighted by Crippen LogP contribution is -2.37. The van der Waals surface area contributed by atoms with Crippen LogP contribution in [0, 0.1) is 5.82 Å². The number of nitrogens with one attached hydrogen (secondary N) is 2. The number of carbonyl (C=O) groups is 2. The van der Waals surface area contributed by atoms with Gasteiger partial charge in [-0.05, 0) is 36.8 Å². The van der Waals surface area contributed by atoms with Crippen LogP contribution in [0.3, 0.4) is 0 Å². The largest absolute Gasteiger partial charge is 0.352 e. The number of nitrogens with zero attached hydrogens (tertiary/aromatic N) is 1. The average molecular weight is 442 g/mol. The van der Waals surface area contributed by atoms with Crippen LogP contribution in [0.1, 0.15) is 23.7 Å². The summed E-state index contributed by atoms with van der Waals surface area (Å²) in [6, 6.07) is 9.73. The molecular formula is C19H21ClFN3O4S. The van der Waals surface area contributed by atoms with Gasteiger partial charge in [0.05, 0.1) is 28.2 Å². The molecule has 0 radical (unpaired) electrons. The van der Waals surface area contributed by atoms with Gasteiger partial charge in [0.2, 0.25) is 15.9 Å². The highest BCUT2D eigenvalue weighted by Gasteiger charge is 2.22. The van der Waals surface area contributed by atoms with Gasteiger partial charge in [-0.15, -0.1) is 0 Å². The van der Waals surface area contributed by atoms with Crippen molar-refractivity contribution in [3.63, 3.8) is 0 Å². The summed E-state index contributed by atoms with van der Waals surface area (Å²) in [5.41, 5.74) is 0.546. The second-order valence-corrected chi connectivity index (χ2v) is 8.53. The number of sulfonamides is 1. The molecule has 7 nitrogen and oxygen atoms in total. The van der Waals surface area contributed by atoms with E-state index in [9.17, 15) is 22.4 Å². The zero-order chi connectivity index (χ0) is 21.6. The molecule has 0 aliphatic heterocycles. The number of benzene rings is 2. The zero-order valence-electron chi connectivity index (χ0n) is 15.9. The molecule has 0 atom stereocenters. The van der Waals surface area contributed by atoms with Crippen molar-refractivity contribution in [2.75, 3.05) is 29.0 Å². The number of halogens is 2. The quantitative estimate of drug-likeness (QED) is 0.658. The first-order valence-corrected chi connectivity index (χ1v) is 11.0. The van der Waals surface area contributed by atoms with Crippen LogP contribution in [0.4, 0.5) is 15.8 Å². The predicted octanol–water partition coefficient (Wildman–Crippen LogP) is 3.02. The van der Waals surface area contributed by atoms with Crippen molar-refractivity contribution in [2.45, 2.75) is 13.3 Å². The van der Waals surface area contributed by atoms with Crippen molar-refractivity contribution in [3.8, 4) is 0 Å². The molecule has 10 heteroatoms. The zero-order valence-corrected chi connectivity index (χ0v) is 17.5. The van der Waals surface area contributed by atoms with E-state index in [2.05, 4.69) is 10.6 Å². The van der Waals surface area contributed by atoms with E-state index in [1.54, 1.807) is 18.2 Å². The van der Waals surface area contributed by atoms with E-state index in [1.165, 1.54) is 12.1 Å². The molecule has 0 fully saturated rings. The molecule has 0 heterocycles. The molecule has 2 aromatic rings. The molecule has 0 unspecified atom stereocenters. The van der Waals surface area contributed by atoms with Crippen LogP contribution in [0.25, 0.3) is 0 Å². The molecule has 0 aliphatic rings. The summed E-state index contributed by atoms with van der Waals surface area (Å²) in [5, 5.41) is 5.00. The number of hydrogen-bond acceptors (Lipinski definition) is 4. The summed E-state index contributed by atoms with van der Waals surface area (Å²) in [7, 11) is -3.86. The minimum absolute atomic E-state index is 0.0445. The Bertz CT molecular complexity index is 1010. The molecule has 0 bridgehead atoms. The Morgan fingerprint density at radius 1 is 1.17 bits per heavy atom. The highest BCUT2D eigenvalue weighted by molar-refractivity contribution is 7.92. The van der Waals surface area contributed by atoms with Crippen molar-refractivity contribution in [3.05, 3.63) is 58.9 Å². The normalized spacial score (nSPS) is 11.0. The number of carbonyl (C=O) groups excluding carboxylic acids is 2. The fourth-order valence-corrected chi connectivity index (χ4v) is 3.51. The SMILES string of the molecule is CCCNC(=O)c1ccccc1NC(=O)CN(c1ccc(F)c(Cl)c1)S(C)(=O)=O. The predicted molar refractivity (Wildman–Crippen MR) is 111 cm³/mol. The van der Waals surface area contributed by atoms with Crippen LogP contribution in [0.5, 0.6) is 0 Å². The highest BCUT2D eigenvalue weighted by Crippen LogP contribution is 2.24. The van der Waals surface area contributed by atoms with Gasteiger partial charge < -0.3 is 10.6 Å². The highest BCUT2D eigenvalue weighted by atomic mass is 35.5. The third-order valence-electron chi connectivity index (χ3n) is 3.86. The Labute approximate surface area is 173 Å². The van der Waals surface area contributed by atoms with E-state index in [0.717, 1.165) is 29.1 Å². The van der Waals surface area contributed by atoms with Gasteiger partial charge in [0.15, 0.2) is 0 Å². The second-order valence-electron chi connectivity index (χ2n) is 6.22. The molecule has 29 heavy (non-hydrogen) atoms. The second kappa shape index (κ2) is 9.71. The maximum absolute atomic E-state index is 13.4. The Hall–Kier alpha value is -2.65. The summed E-state index contributed by atoms with van der Waals surface area (Å²) < 4.78 is 38.5. The molecule has 0 saturated heterocycles. The van der Waals surface area contributed by atoms with E-state index < -0.39 is 28.3 Å². The number of hydrogen-bond donors (Lipinski definition) is 2. The molecule has 2 aromatic carbocycles. The van der Waals surface area contributed by atoms with E-state index in [0.29, 0.717) is 6.54 Å². The molecule has 156 valence electrons. The third kappa shape index (κ3) is 6.16. The van der Waals surface area contributed by atoms with Crippen molar-refractivity contribution >= 4 is 44.8 Å². The van der Waals surface area contributed by atoms with Gasteiger partial charge in [0.25, 0.3) is 5.91 Å². The number of rotatable bonds is 8. The number of amides is 2. The van der Waals surface area contributed by atoms with Gasteiger partial charge in [-0.1, -0.05) is 30.7 Å². The summed E-state index contributed by atoms with van der Waals surface area (Å²) in [5.74, 6) is -1.74. The van der Waals surface area contributed by atoms with Crippen LogP contribution in [-0.4, -0.2) is 39.6 Å². The first-order chi connectivity index (χ1) is 13.6. The Balaban J connectivity index is 2.24. The van der Waals surface area contributed by atoms with Crippen LogP contribution in [0.2, 0.25) is 5.02 Å². The van der Waals surface area contributed by atoms with Crippen molar-refractivity contribution in [2.24, 2.45) is 0 Å². The number of para-hydroxylation sites is 1. The van der Waals surface area contributed by atoms with E-state index >= 15 is 0 Å². The maximum atomic E-state index is 13.4. The molecule has 2 rings (SSSR count). The topological polar surface area (TPSA) is 95.6 Å². The molecular weight excluding hydrogens is 421 g/mol. The smallest absolute Gasteiger partial charge is 0.253 e. The fourth-order valence-electron chi connectivity index (χ4n) is 2.48. The van der Waals surface area contributed by atoms with Gasteiger partial charge in [-0.2, -0.15) is 0 Å². The van der Waals surface area contributed by atoms with Gasteiger partial charge in [0, 0.05) is 6.54 Å². The van der Waals surface area contributed by atoms with Crippen molar-refractivity contribution in [1.82, 2.24) is 5.32 Å². The van der Waals surface area contributed by atoms with Crippen LogP contribution < -0.4 is 14.9 Å². The molecule has 0 spiro atoms. The number of anilines is 2. The van der Waals surface area contributed by atoms with Crippen LogP contribution >= 0.6 is 11.6 Å². The fraction of sp³-hybridized carbons (Fsp3) is 0.263. The van der Waals surface area contributed by atoms with E-state index in [-0.39, 0.29) is 27.9 Å². The van der Waals surface area contributed by atoms with Gasteiger partial charge in [-0.25, -0.2) is 12.8 Å². The lowest BCUT2D eigenvalue weighted by atomic mass is 10.1. The molecule has 0 aliphatic carbocycles. The first-order valence-electron chi connectivity index (χ1n) is 8.73. The maximum Gasteiger partial charge on any atom is 0.253 e. The lowest BCUT2D eigenvalue weighted by molar-refractivity contribution is -0.114. The van der Waals surface area contributed by atoms with Gasteiger partial charge >= 0.3 is 0 Å².